The van der Waals surface area contributed by atoms with E-state index in [4.69, 9.17) is 4.74 Å². The summed E-state index contributed by atoms with van der Waals surface area (Å²) in [4.78, 5) is 18.4. The van der Waals surface area contributed by atoms with Crippen molar-refractivity contribution in [3.8, 4) is 5.75 Å². The number of ether oxygens (including phenoxy) is 1. The molecule has 0 aliphatic rings. The monoisotopic (exact) mass is 391 g/mol. The molecular weight excluding hydrogens is 370 g/mol. The lowest BCUT2D eigenvalue weighted by Gasteiger charge is -2.12. The minimum atomic E-state index is -0.102. The molecule has 0 unspecified atom stereocenters. The number of pyridine rings is 1. The summed E-state index contributed by atoms with van der Waals surface area (Å²) in [5.41, 5.74) is 3.65. The molecule has 0 aliphatic carbocycles. The van der Waals surface area contributed by atoms with Crippen molar-refractivity contribution in [2.24, 2.45) is 0 Å². The summed E-state index contributed by atoms with van der Waals surface area (Å²) in [5, 5.41) is 2.99. The summed E-state index contributed by atoms with van der Waals surface area (Å²) in [6.45, 7) is 3.08. The predicted molar refractivity (Wildman–Crippen MR) is 112 cm³/mol. The van der Waals surface area contributed by atoms with E-state index in [9.17, 15) is 4.79 Å². The van der Waals surface area contributed by atoms with Gasteiger partial charge >= 0.3 is 0 Å². The number of carbonyl (C=O) groups is 1. The normalized spacial score (nSPS) is 10.9. The van der Waals surface area contributed by atoms with Crippen LogP contribution in [-0.4, -0.2) is 22.6 Å². The number of benzene rings is 1. The molecule has 0 radical (unpaired) electrons. The van der Waals surface area contributed by atoms with Crippen LogP contribution in [0.25, 0.3) is 10.2 Å². The van der Waals surface area contributed by atoms with Crippen LogP contribution >= 0.6 is 11.3 Å². The first-order chi connectivity index (χ1) is 13.6. The smallest absolute Gasteiger partial charge is 0.268 e. The first-order valence-corrected chi connectivity index (χ1v) is 9.86. The van der Waals surface area contributed by atoms with Crippen LogP contribution in [0.15, 0.2) is 60.8 Å². The number of hydrogen-bond acceptors (Lipinski definition) is 4. The van der Waals surface area contributed by atoms with Gasteiger partial charge in [0.25, 0.3) is 5.91 Å². The topological polar surface area (TPSA) is 56.1 Å². The number of fused-ring (bicyclic) bond motifs is 1. The van der Waals surface area contributed by atoms with Crippen molar-refractivity contribution in [3.05, 3.63) is 82.6 Å². The van der Waals surface area contributed by atoms with Gasteiger partial charge < -0.3 is 14.6 Å². The van der Waals surface area contributed by atoms with Gasteiger partial charge in [0, 0.05) is 17.6 Å². The van der Waals surface area contributed by atoms with Gasteiger partial charge in [-0.2, -0.15) is 0 Å². The molecule has 1 amide bonds. The van der Waals surface area contributed by atoms with Crippen molar-refractivity contribution in [2.75, 3.05) is 7.11 Å². The maximum absolute atomic E-state index is 12.9. The molecule has 142 valence electrons. The molecule has 6 heteroatoms. The highest BCUT2D eigenvalue weighted by Crippen LogP contribution is 2.30. The summed E-state index contributed by atoms with van der Waals surface area (Å²) in [6.07, 6.45) is 1.73. The average molecular weight is 391 g/mol. The maximum atomic E-state index is 12.9. The number of nitrogens with one attached hydrogen (secondary N) is 1. The van der Waals surface area contributed by atoms with Crippen molar-refractivity contribution in [3.63, 3.8) is 0 Å². The summed E-state index contributed by atoms with van der Waals surface area (Å²) < 4.78 is 8.52. The highest BCUT2D eigenvalue weighted by molar-refractivity contribution is 7.19. The Morgan fingerprint density at radius 1 is 1.18 bits per heavy atom. The molecule has 3 aromatic heterocycles. The lowest BCUT2D eigenvalue weighted by atomic mass is 10.2. The summed E-state index contributed by atoms with van der Waals surface area (Å²) in [6, 6.07) is 17.7. The zero-order valence-electron chi connectivity index (χ0n) is 15.8. The molecule has 0 saturated carbocycles. The standard InChI is InChI=1S/C22H21N3O2S/c1-15-10-19-21(28-15)12-20(22(26)24-13-17-7-3-4-9-23-17)25(19)14-16-6-5-8-18(11-16)27-2/h3-12H,13-14H2,1-2H3,(H,24,26). The first-order valence-electron chi connectivity index (χ1n) is 9.05. The molecule has 4 rings (SSSR count). The van der Waals surface area contributed by atoms with Crippen LogP contribution < -0.4 is 10.1 Å². The third-order valence-corrected chi connectivity index (χ3v) is 5.56. The van der Waals surface area contributed by atoms with E-state index >= 15 is 0 Å². The lowest BCUT2D eigenvalue weighted by molar-refractivity contribution is 0.0942. The van der Waals surface area contributed by atoms with Crippen LogP contribution in [0.3, 0.4) is 0 Å². The molecule has 28 heavy (non-hydrogen) atoms. The van der Waals surface area contributed by atoms with Crippen molar-refractivity contribution in [1.82, 2.24) is 14.9 Å². The highest BCUT2D eigenvalue weighted by Gasteiger charge is 2.18. The Morgan fingerprint density at radius 2 is 2.07 bits per heavy atom. The van der Waals surface area contributed by atoms with E-state index in [0.717, 1.165) is 27.2 Å². The van der Waals surface area contributed by atoms with Gasteiger partial charge in [0.1, 0.15) is 11.4 Å². The fourth-order valence-electron chi connectivity index (χ4n) is 3.24. The Kier molecular flexibility index (Phi) is 5.12. The average Bonchev–Trinajstić information content (AvgIpc) is 3.24. The number of rotatable bonds is 6. The zero-order chi connectivity index (χ0) is 19.5. The molecule has 0 atom stereocenters. The lowest BCUT2D eigenvalue weighted by Crippen LogP contribution is -2.26. The van der Waals surface area contributed by atoms with Crippen LogP contribution in [0.4, 0.5) is 0 Å². The number of aromatic nitrogens is 2. The molecule has 0 aliphatic heterocycles. The quantitative estimate of drug-likeness (QED) is 0.530. The van der Waals surface area contributed by atoms with Crippen LogP contribution in [0.2, 0.25) is 0 Å². The van der Waals surface area contributed by atoms with E-state index in [0.29, 0.717) is 18.8 Å². The molecule has 1 aromatic carbocycles. The van der Waals surface area contributed by atoms with Crippen LogP contribution in [0.1, 0.15) is 26.6 Å². The third kappa shape index (κ3) is 3.77. The van der Waals surface area contributed by atoms with Crippen LogP contribution in [0.5, 0.6) is 5.75 Å². The molecule has 0 bridgehead atoms. The number of hydrogen-bond donors (Lipinski definition) is 1. The molecular formula is C22H21N3O2S. The summed E-state index contributed by atoms with van der Waals surface area (Å²) in [5.74, 6) is 0.707. The number of thiophene rings is 1. The molecule has 0 saturated heterocycles. The second kappa shape index (κ2) is 7.86. The van der Waals surface area contributed by atoms with E-state index in [2.05, 4.69) is 27.9 Å². The number of aryl methyl sites for hydroxylation is 1. The third-order valence-electron chi connectivity index (χ3n) is 4.58. The van der Waals surface area contributed by atoms with Gasteiger partial charge in [0.15, 0.2) is 0 Å². The predicted octanol–water partition coefficient (Wildman–Crippen LogP) is 4.39. The number of carbonyl (C=O) groups excluding carboxylic acids is 1. The first kappa shape index (κ1) is 18.3. The Hall–Kier alpha value is -3.12. The highest BCUT2D eigenvalue weighted by atomic mass is 32.1. The van der Waals surface area contributed by atoms with Gasteiger partial charge in [-0.05, 0) is 48.9 Å². The van der Waals surface area contributed by atoms with Gasteiger partial charge in [0.2, 0.25) is 0 Å². The molecule has 5 nitrogen and oxygen atoms in total. The minimum Gasteiger partial charge on any atom is -0.497 e. The largest absolute Gasteiger partial charge is 0.497 e. The van der Waals surface area contributed by atoms with Gasteiger partial charge in [-0.15, -0.1) is 11.3 Å². The molecule has 0 fully saturated rings. The van der Waals surface area contributed by atoms with E-state index in [-0.39, 0.29) is 5.91 Å². The van der Waals surface area contributed by atoms with E-state index in [1.165, 1.54) is 4.88 Å². The van der Waals surface area contributed by atoms with E-state index in [1.54, 1.807) is 24.6 Å². The molecule has 1 N–H and O–H groups in total. The minimum absolute atomic E-state index is 0.102. The Morgan fingerprint density at radius 3 is 2.86 bits per heavy atom. The maximum Gasteiger partial charge on any atom is 0.268 e. The van der Waals surface area contributed by atoms with Crippen molar-refractivity contribution in [1.29, 1.82) is 0 Å². The van der Waals surface area contributed by atoms with Crippen LogP contribution in [0, 0.1) is 6.92 Å². The summed E-state index contributed by atoms with van der Waals surface area (Å²) >= 11 is 1.70. The van der Waals surface area contributed by atoms with Crippen molar-refractivity contribution < 1.29 is 9.53 Å². The number of nitrogens with zero attached hydrogens (tertiary/aromatic N) is 2. The van der Waals surface area contributed by atoms with Crippen molar-refractivity contribution in [2.45, 2.75) is 20.0 Å². The van der Waals surface area contributed by atoms with E-state index < -0.39 is 0 Å². The number of amides is 1. The van der Waals surface area contributed by atoms with Gasteiger partial charge in [-0.1, -0.05) is 18.2 Å². The van der Waals surface area contributed by atoms with Gasteiger partial charge in [0.05, 0.1) is 29.6 Å². The summed E-state index contributed by atoms with van der Waals surface area (Å²) in [7, 11) is 1.66. The van der Waals surface area contributed by atoms with Crippen LogP contribution in [-0.2, 0) is 13.1 Å². The Balaban J connectivity index is 1.64. The number of methoxy groups -OCH3 is 1. The van der Waals surface area contributed by atoms with Gasteiger partial charge in [-0.25, -0.2) is 0 Å². The SMILES string of the molecule is COc1cccc(Cn2c(C(=O)NCc3ccccn3)cc3sc(C)cc32)c1. The Labute approximate surface area is 167 Å². The Bertz CT molecular complexity index is 1120. The molecule has 0 spiro atoms. The fraction of sp³-hybridized carbons (Fsp3) is 0.182. The second-order valence-electron chi connectivity index (χ2n) is 6.58. The van der Waals surface area contributed by atoms with E-state index in [1.807, 2.05) is 48.5 Å². The second-order valence-corrected chi connectivity index (χ2v) is 7.87. The zero-order valence-corrected chi connectivity index (χ0v) is 16.6. The van der Waals surface area contributed by atoms with Crippen molar-refractivity contribution >= 4 is 27.5 Å². The molecule has 3 heterocycles. The molecule has 4 aromatic rings. The van der Waals surface area contributed by atoms with Gasteiger partial charge in [-0.3, -0.25) is 9.78 Å². The fourth-order valence-corrected chi connectivity index (χ4v) is 4.20.